The lowest BCUT2D eigenvalue weighted by molar-refractivity contribution is -0.149. The quantitative estimate of drug-likeness (QED) is 0.781. The van der Waals surface area contributed by atoms with E-state index < -0.39 is 0 Å². The van der Waals surface area contributed by atoms with Crippen LogP contribution in [-0.4, -0.2) is 42.4 Å². The van der Waals surface area contributed by atoms with E-state index >= 15 is 0 Å². The maximum Gasteiger partial charge on any atom is 0.229 e. The standard InChI is InChI=1S/C19H29N3O2/c1-19(2,3)16(21-10-9-20)13-22-17(23)11-15(12-18(22)24)14-7-5-4-6-8-14/h4-8,15-16,21H,9-13,20H2,1-3H3/t16-/m1/s1. The molecular weight excluding hydrogens is 302 g/mol. The van der Waals surface area contributed by atoms with Crippen LogP contribution in [0.3, 0.4) is 0 Å². The first-order chi connectivity index (χ1) is 11.3. The second kappa shape index (κ2) is 7.90. The topological polar surface area (TPSA) is 75.4 Å². The van der Waals surface area contributed by atoms with Crippen molar-refractivity contribution in [1.29, 1.82) is 0 Å². The minimum atomic E-state index is -0.0797. The number of hydrogen-bond donors (Lipinski definition) is 2. The van der Waals surface area contributed by atoms with Crippen molar-refractivity contribution in [2.45, 2.75) is 45.6 Å². The third kappa shape index (κ3) is 4.65. The fourth-order valence-electron chi connectivity index (χ4n) is 3.10. The second-order valence-corrected chi connectivity index (χ2v) is 7.58. The van der Waals surface area contributed by atoms with Crippen LogP contribution in [0.15, 0.2) is 30.3 Å². The molecule has 5 heteroatoms. The summed E-state index contributed by atoms with van der Waals surface area (Å²) in [6.07, 6.45) is 0.785. The van der Waals surface area contributed by atoms with Gasteiger partial charge < -0.3 is 11.1 Å². The van der Waals surface area contributed by atoms with Gasteiger partial charge in [-0.3, -0.25) is 14.5 Å². The Morgan fingerprint density at radius 2 is 1.75 bits per heavy atom. The number of likely N-dealkylation sites (tertiary alicyclic amines) is 1. The van der Waals surface area contributed by atoms with Gasteiger partial charge >= 0.3 is 0 Å². The summed E-state index contributed by atoms with van der Waals surface area (Å²) in [4.78, 5) is 26.6. The molecule has 0 radical (unpaired) electrons. The number of nitrogens with two attached hydrogens (primary N) is 1. The summed E-state index contributed by atoms with van der Waals surface area (Å²) in [5.41, 5.74) is 6.58. The number of nitrogens with zero attached hydrogens (tertiary/aromatic N) is 1. The SMILES string of the molecule is CC(C)(C)[C@@H](CN1C(=O)CC(c2ccccc2)CC1=O)NCCN. The van der Waals surface area contributed by atoms with Gasteiger partial charge in [0, 0.05) is 44.4 Å². The molecular formula is C19H29N3O2. The van der Waals surface area contributed by atoms with Crippen LogP contribution >= 0.6 is 0 Å². The zero-order valence-electron chi connectivity index (χ0n) is 14.9. The molecule has 1 aromatic rings. The number of carbonyl (C=O) groups is 2. The van der Waals surface area contributed by atoms with E-state index in [1.807, 2.05) is 30.3 Å². The fraction of sp³-hybridized carbons (Fsp3) is 0.579. The van der Waals surface area contributed by atoms with Crippen molar-refractivity contribution >= 4 is 11.8 Å². The van der Waals surface area contributed by atoms with Gasteiger partial charge in [-0.2, -0.15) is 0 Å². The number of carbonyl (C=O) groups excluding carboxylic acids is 2. The molecule has 1 heterocycles. The summed E-state index contributed by atoms with van der Waals surface area (Å²) in [7, 11) is 0. The maximum atomic E-state index is 12.6. The zero-order chi connectivity index (χ0) is 17.7. The Bertz CT molecular complexity index is 548. The molecule has 0 unspecified atom stereocenters. The largest absolute Gasteiger partial charge is 0.329 e. The summed E-state index contributed by atoms with van der Waals surface area (Å²) >= 11 is 0. The smallest absolute Gasteiger partial charge is 0.229 e. The second-order valence-electron chi connectivity index (χ2n) is 7.58. The Hall–Kier alpha value is -1.72. The molecule has 132 valence electrons. The minimum Gasteiger partial charge on any atom is -0.329 e. The van der Waals surface area contributed by atoms with Gasteiger partial charge in [0.15, 0.2) is 0 Å². The molecule has 1 fully saturated rings. The van der Waals surface area contributed by atoms with Crippen LogP contribution in [0.2, 0.25) is 0 Å². The molecule has 1 aliphatic rings. The van der Waals surface area contributed by atoms with Crippen LogP contribution in [0.4, 0.5) is 0 Å². The maximum absolute atomic E-state index is 12.6. The highest BCUT2D eigenvalue weighted by Gasteiger charge is 2.36. The van der Waals surface area contributed by atoms with Gasteiger partial charge in [-0.05, 0) is 11.0 Å². The monoisotopic (exact) mass is 331 g/mol. The molecule has 0 aliphatic carbocycles. The van der Waals surface area contributed by atoms with Crippen LogP contribution in [0.1, 0.15) is 45.1 Å². The lowest BCUT2D eigenvalue weighted by atomic mass is 9.84. The van der Waals surface area contributed by atoms with Gasteiger partial charge in [0.2, 0.25) is 11.8 Å². The normalized spacial score (nSPS) is 18.1. The van der Waals surface area contributed by atoms with Crippen molar-refractivity contribution in [3.8, 4) is 0 Å². The number of benzene rings is 1. The van der Waals surface area contributed by atoms with Crippen molar-refractivity contribution in [1.82, 2.24) is 10.2 Å². The number of amides is 2. The number of imide groups is 1. The predicted octanol–water partition coefficient (Wildman–Crippen LogP) is 1.88. The molecule has 5 nitrogen and oxygen atoms in total. The molecule has 2 rings (SSSR count). The van der Waals surface area contributed by atoms with Gasteiger partial charge in [-0.1, -0.05) is 51.1 Å². The highest BCUT2D eigenvalue weighted by molar-refractivity contribution is 5.98. The Morgan fingerprint density at radius 1 is 1.17 bits per heavy atom. The zero-order valence-corrected chi connectivity index (χ0v) is 14.9. The van der Waals surface area contributed by atoms with Gasteiger partial charge in [0.05, 0.1) is 0 Å². The van der Waals surface area contributed by atoms with E-state index in [1.165, 1.54) is 4.90 Å². The number of hydrogen-bond acceptors (Lipinski definition) is 4. The average molecular weight is 331 g/mol. The van der Waals surface area contributed by atoms with E-state index in [9.17, 15) is 9.59 Å². The Morgan fingerprint density at radius 3 is 2.25 bits per heavy atom. The van der Waals surface area contributed by atoms with Crippen molar-refractivity contribution < 1.29 is 9.59 Å². The van der Waals surface area contributed by atoms with Crippen LogP contribution in [-0.2, 0) is 9.59 Å². The highest BCUT2D eigenvalue weighted by Crippen LogP contribution is 2.30. The first kappa shape index (κ1) is 18.6. The lowest BCUT2D eigenvalue weighted by Gasteiger charge is -2.38. The molecule has 1 aliphatic heterocycles. The molecule has 24 heavy (non-hydrogen) atoms. The molecule has 1 saturated heterocycles. The third-order valence-electron chi connectivity index (χ3n) is 4.66. The molecule has 0 aromatic heterocycles. The Labute approximate surface area is 144 Å². The molecule has 0 saturated carbocycles. The molecule has 1 atom stereocenters. The van der Waals surface area contributed by atoms with E-state index in [0.717, 1.165) is 5.56 Å². The first-order valence-electron chi connectivity index (χ1n) is 8.64. The van der Waals surface area contributed by atoms with Crippen molar-refractivity contribution in [3.05, 3.63) is 35.9 Å². The Balaban J connectivity index is 2.07. The summed E-state index contributed by atoms with van der Waals surface area (Å²) in [6, 6.07) is 9.84. The van der Waals surface area contributed by atoms with Crippen molar-refractivity contribution in [2.24, 2.45) is 11.1 Å². The van der Waals surface area contributed by atoms with Gasteiger partial charge in [0.25, 0.3) is 0 Å². The highest BCUT2D eigenvalue weighted by atomic mass is 16.2. The van der Waals surface area contributed by atoms with E-state index in [2.05, 4.69) is 26.1 Å². The summed E-state index contributed by atoms with van der Waals surface area (Å²) in [5, 5.41) is 3.37. The lowest BCUT2D eigenvalue weighted by Crippen LogP contribution is -2.54. The number of rotatable bonds is 6. The molecule has 0 spiro atoms. The number of piperidine rings is 1. The number of nitrogens with one attached hydrogen (secondary N) is 1. The summed E-state index contributed by atoms with van der Waals surface area (Å²) < 4.78 is 0. The van der Waals surface area contributed by atoms with Gasteiger partial charge in [-0.15, -0.1) is 0 Å². The summed E-state index contributed by atoms with van der Waals surface area (Å²) in [6.45, 7) is 7.92. The van der Waals surface area contributed by atoms with E-state index in [-0.39, 0.29) is 29.2 Å². The fourth-order valence-corrected chi connectivity index (χ4v) is 3.10. The van der Waals surface area contributed by atoms with E-state index in [4.69, 9.17) is 5.73 Å². The average Bonchev–Trinajstić information content (AvgIpc) is 2.53. The third-order valence-corrected chi connectivity index (χ3v) is 4.66. The molecule has 0 bridgehead atoms. The Kier molecular flexibility index (Phi) is 6.13. The molecule has 2 amide bonds. The first-order valence-corrected chi connectivity index (χ1v) is 8.64. The van der Waals surface area contributed by atoms with Crippen LogP contribution < -0.4 is 11.1 Å². The van der Waals surface area contributed by atoms with Crippen LogP contribution in [0.25, 0.3) is 0 Å². The van der Waals surface area contributed by atoms with Crippen molar-refractivity contribution in [3.63, 3.8) is 0 Å². The van der Waals surface area contributed by atoms with Gasteiger partial charge in [-0.25, -0.2) is 0 Å². The van der Waals surface area contributed by atoms with E-state index in [0.29, 0.717) is 32.5 Å². The minimum absolute atomic E-state index is 0.00691. The summed E-state index contributed by atoms with van der Waals surface area (Å²) in [5.74, 6) is -0.166. The molecule has 1 aromatic carbocycles. The van der Waals surface area contributed by atoms with Crippen molar-refractivity contribution in [2.75, 3.05) is 19.6 Å². The van der Waals surface area contributed by atoms with Crippen LogP contribution in [0.5, 0.6) is 0 Å². The predicted molar refractivity (Wildman–Crippen MR) is 95.4 cm³/mol. The molecule has 3 N–H and O–H groups in total. The van der Waals surface area contributed by atoms with Gasteiger partial charge in [0.1, 0.15) is 0 Å². The van der Waals surface area contributed by atoms with E-state index in [1.54, 1.807) is 0 Å². The van der Waals surface area contributed by atoms with Crippen LogP contribution in [0, 0.1) is 5.41 Å².